The molecule has 0 radical (unpaired) electrons. The van der Waals surface area contributed by atoms with Crippen LogP contribution in [0.1, 0.15) is 88.0 Å². The second-order valence-electron chi connectivity index (χ2n) is 15.6. The van der Waals surface area contributed by atoms with Gasteiger partial charge in [-0.15, -0.1) is 0 Å². The van der Waals surface area contributed by atoms with E-state index in [-0.39, 0.29) is 31.4 Å². The lowest BCUT2D eigenvalue weighted by atomic mass is 9.74. The molecule has 0 aromatic heterocycles. The van der Waals surface area contributed by atoms with E-state index in [1.807, 2.05) is 25.9 Å². The van der Waals surface area contributed by atoms with Gasteiger partial charge in [0.15, 0.2) is 12.6 Å². The molecule has 0 aliphatic carbocycles. The van der Waals surface area contributed by atoms with E-state index < -0.39 is 108 Å². The molecule has 0 spiro atoms. The predicted octanol–water partition coefficient (Wildman–Crippen LogP) is 0.741. The Labute approximate surface area is 291 Å². The maximum atomic E-state index is 13.9. The van der Waals surface area contributed by atoms with Crippen LogP contribution in [-0.4, -0.2) is 146 Å². The highest BCUT2D eigenvalue weighted by Gasteiger charge is 2.52. The lowest BCUT2D eigenvalue weighted by Crippen LogP contribution is -2.60. The van der Waals surface area contributed by atoms with Gasteiger partial charge in [0.25, 0.3) is 0 Å². The number of Topliss-reactive ketones (excluding diaryl/α,β-unsaturated/α-hetero) is 1. The molecule has 49 heavy (non-hydrogen) atoms. The van der Waals surface area contributed by atoms with Gasteiger partial charge in [-0.2, -0.15) is 0 Å². The van der Waals surface area contributed by atoms with Gasteiger partial charge >= 0.3 is 5.97 Å². The van der Waals surface area contributed by atoms with Crippen LogP contribution in [0.2, 0.25) is 0 Å². The summed E-state index contributed by atoms with van der Waals surface area (Å²) in [6.45, 7) is 14.3. The van der Waals surface area contributed by atoms with Crippen LogP contribution in [0.25, 0.3) is 0 Å². The van der Waals surface area contributed by atoms with E-state index in [0.29, 0.717) is 6.42 Å². The summed E-state index contributed by atoms with van der Waals surface area (Å²) in [5.41, 5.74) is -3.81. The average molecular weight is 706 g/mol. The predicted molar refractivity (Wildman–Crippen MR) is 177 cm³/mol. The SMILES string of the molecule is CCC1OC(=O)[C@H](C)C(O[C@H]2C[C@H](O)[C@@H](O)[C@H](C)O2)[C@H](C)[C@@H](O[C@@H]2O[C@H](C)C[C@H](N(C)C)[C@H]2O)[C@](C)(O)C[C@@H](C)C(=O)[C@H](C)[C@@H](O)[C@]1(C)O. The molecular weight excluding hydrogens is 642 g/mol. The van der Waals surface area contributed by atoms with Gasteiger partial charge in [-0.1, -0.05) is 27.7 Å². The molecule has 14 nitrogen and oxygen atoms in total. The summed E-state index contributed by atoms with van der Waals surface area (Å²) in [6, 6.07) is -0.333. The number of esters is 1. The van der Waals surface area contributed by atoms with Crippen molar-refractivity contribution in [3.8, 4) is 0 Å². The van der Waals surface area contributed by atoms with Crippen LogP contribution in [0.5, 0.6) is 0 Å². The first-order chi connectivity index (χ1) is 22.5. The summed E-state index contributed by atoms with van der Waals surface area (Å²) in [7, 11) is 3.67. The second kappa shape index (κ2) is 16.6. The number of aliphatic hydroxyl groups excluding tert-OH is 4. The topological polar surface area (TPSA) is 205 Å². The molecule has 18 atom stereocenters. The second-order valence-corrected chi connectivity index (χ2v) is 15.6. The van der Waals surface area contributed by atoms with Gasteiger partial charge in [0.05, 0.1) is 48.1 Å². The summed E-state index contributed by atoms with van der Waals surface area (Å²) < 4.78 is 30.8. The zero-order valence-electron chi connectivity index (χ0n) is 31.1. The maximum absolute atomic E-state index is 13.9. The highest BCUT2D eigenvalue weighted by Crippen LogP contribution is 2.39. The van der Waals surface area contributed by atoms with Crippen molar-refractivity contribution in [2.24, 2.45) is 23.7 Å². The molecule has 3 saturated heterocycles. The van der Waals surface area contributed by atoms with Crippen LogP contribution in [-0.2, 0) is 33.3 Å². The number of carbonyl (C=O) groups excluding carboxylic acids is 2. The number of aliphatic hydroxyl groups is 6. The van der Waals surface area contributed by atoms with Crippen molar-refractivity contribution < 1.29 is 63.9 Å². The van der Waals surface area contributed by atoms with Gasteiger partial charge in [0.1, 0.15) is 29.7 Å². The Hall–Kier alpha value is -1.30. The molecule has 14 heteroatoms. The van der Waals surface area contributed by atoms with Crippen molar-refractivity contribution in [2.75, 3.05) is 14.1 Å². The fourth-order valence-electron chi connectivity index (χ4n) is 7.93. The van der Waals surface area contributed by atoms with Crippen LogP contribution in [0.4, 0.5) is 0 Å². The van der Waals surface area contributed by atoms with Crippen LogP contribution in [0.3, 0.4) is 0 Å². The van der Waals surface area contributed by atoms with Gasteiger partial charge in [0.2, 0.25) is 0 Å². The molecule has 0 bridgehead atoms. The fraction of sp³-hybridized carbons (Fsp3) is 0.943. The van der Waals surface area contributed by atoms with Gasteiger partial charge in [-0.3, -0.25) is 9.59 Å². The number of hydrogen-bond acceptors (Lipinski definition) is 14. The van der Waals surface area contributed by atoms with E-state index in [4.69, 9.17) is 23.7 Å². The quantitative estimate of drug-likeness (QED) is 0.211. The zero-order valence-corrected chi connectivity index (χ0v) is 31.1. The van der Waals surface area contributed by atoms with Crippen molar-refractivity contribution in [3.05, 3.63) is 0 Å². The third-order valence-electron chi connectivity index (χ3n) is 11.0. The molecule has 0 saturated carbocycles. The molecule has 3 fully saturated rings. The van der Waals surface area contributed by atoms with Crippen LogP contribution >= 0.6 is 0 Å². The number of ether oxygens (including phenoxy) is 5. The van der Waals surface area contributed by atoms with E-state index in [2.05, 4.69) is 0 Å². The molecule has 3 aliphatic heterocycles. The van der Waals surface area contributed by atoms with Crippen molar-refractivity contribution in [1.29, 1.82) is 0 Å². The maximum Gasteiger partial charge on any atom is 0.311 e. The molecule has 2 unspecified atom stereocenters. The lowest BCUT2D eigenvalue weighted by molar-refractivity contribution is -0.311. The van der Waals surface area contributed by atoms with E-state index in [1.54, 1.807) is 34.6 Å². The standard InChI is InChI=1S/C35H63NO13/c1-12-24-35(9,44)30(41)18(4)26(38)16(2)15-34(8,43)31(49-33-28(40)22(36(10)11)13-17(3)45-33)19(5)29(20(6)32(42)47-24)48-25-14-23(37)27(39)21(7)46-25/h16-25,27-31,33,37,39-41,43-44H,12-15H2,1-11H3/t16-,17-,18+,19+,20-,21+,22+,23+,24?,25+,27+,28-,29?,30-,31-,33+,34-,35-/m1/s1. The Bertz CT molecular complexity index is 1090. The Kier molecular flexibility index (Phi) is 14.2. The van der Waals surface area contributed by atoms with Crippen LogP contribution < -0.4 is 0 Å². The molecule has 0 aromatic carbocycles. The van der Waals surface area contributed by atoms with Gasteiger partial charge in [0, 0.05) is 30.2 Å². The molecular formula is C35H63NO13. The zero-order chi connectivity index (χ0) is 37.3. The van der Waals surface area contributed by atoms with Crippen molar-refractivity contribution >= 4 is 11.8 Å². The summed E-state index contributed by atoms with van der Waals surface area (Å²) in [5.74, 6) is -5.10. The minimum Gasteiger partial charge on any atom is -0.459 e. The number of nitrogens with zero attached hydrogens (tertiary/aromatic N) is 1. The van der Waals surface area contributed by atoms with E-state index in [1.165, 1.54) is 20.8 Å². The Balaban J connectivity index is 2.15. The molecule has 0 amide bonds. The largest absolute Gasteiger partial charge is 0.459 e. The Morgan fingerprint density at radius 1 is 0.878 bits per heavy atom. The average Bonchev–Trinajstić information content (AvgIpc) is 3.02. The van der Waals surface area contributed by atoms with Crippen LogP contribution in [0, 0.1) is 23.7 Å². The number of cyclic esters (lactones) is 1. The van der Waals surface area contributed by atoms with Crippen LogP contribution in [0.15, 0.2) is 0 Å². The number of ketones is 1. The summed E-state index contributed by atoms with van der Waals surface area (Å²) in [5, 5.41) is 67.3. The normalized spacial score (nSPS) is 49.8. The molecule has 0 aromatic rings. The minimum atomic E-state index is -2.00. The smallest absolute Gasteiger partial charge is 0.311 e. The number of hydrogen-bond donors (Lipinski definition) is 6. The molecule has 6 N–H and O–H groups in total. The highest BCUT2D eigenvalue weighted by atomic mass is 16.7. The first-order valence-electron chi connectivity index (χ1n) is 17.7. The minimum absolute atomic E-state index is 0.118. The van der Waals surface area contributed by atoms with Crippen molar-refractivity contribution in [3.63, 3.8) is 0 Å². The fourth-order valence-corrected chi connectivity index (χ4v) is 7.93. The van der Waals surface area contributed by atoms with Gasteiger partial charge in [-0.25, -0.2) is 0 Å². The van der Waals surface area contributed by atoms with E-state index in [9.17, 15) is 40.2 Å². The molecule has 3 heterocycles. The third-order valence-corrected chi connectivity index (χ3v) is 11.0. The molecule has 3 aliphatic rings. The first kappa shape index (κ1) is 42.1. The first-order valence-corrected chi connectivity index (χ1v) is 17.7. The molecule has 286 valence electrons. The number of carbonyl (C=O) groups is 2. The van der Waals surface area contributed by atoms with Crippen molar-refractivity contribution in [1.82, 2.24) is 4.90 Å². The lowest BCUT2D eigenvalue weighted by Gasteiger charge is -2.48. The summed E-state index contributed by atoms with van der Waals surface area (Å²) >= 11 is 0. The number of likely N-dealkylation sites (N-methyl/N-ethyl adjacent to an activating group) is 1. The monoisotopic (exact) mass is 705 g/mol. The van der Waals surface area contributed by atoms with Crippen molar-refractivity contribution in [2.45, 2.75) is 173 Å². The van der Waals surface area contributed by atoms with E-state index in [0.717, 1.165) is 0 Å². The number of rotatable bonds is 6. The Morgan fingerprint density at radius 2 is 1.49 bits per heavy atom. The van der Waals surface area contributed by atoms with E-state index >= 15 is 0 Å². The summed E-state index contributed by atoms with van der Waals surface area (Å²) in [6.07, 6.45) is -11.6. The molecule has 3 rings (SSSR count). The summed E-state index contributed by atoms with van der Waals surface area (Å²) in [4.78, 5) is 29.5. The third kappa shape index (κ3) is 9.39. The van der Waals surface area contributed by atoms with Gasteiger partial charge < -0.3 is 59.2 Å². The van der Waals surface area contributed by atoms with Gasteiger partial charge in [-0.05, 0) is 68.0 Å². The highest BCUT2D eigenvalue weighted by molar-refractivity contribution is 5.83. The Morgan fingerprint density at radius 3 is 2.04 bits per heavy atom.